The molecule has 0 aliphatic heterocycles. The Hall–Kier alpha value is -1.28. The van der Waals surface area contributed by atoms with Crippen molar-refractivity contribution in [3.63, 3.8) is 0 Å². The highest BCUT2D eigenvalue weighted by atomic mass is 28.4. The van der Waals surface area contributed by atoms with Crippen molar-refractivity contribution in [3.8, 4) is 0 Å². The van der Waals surface area contributed by atoms with Crippen LogP contribution in [0.15, 0.2) is 42.2 Å². The van der Waals surface area contributed by atoms with Crippen LogP contribution in [0.25, 0.3) is 6.08 Å². The maximum Gasteiger partial charge on any atom is 0.242 e. The summed E-state index contributed by atoms with van der Waals surface area (Å²) in [7, 11) is -1.54. The number of allylic oxidation sites excluding steroid dienone is 1. The van der Waals surface area contributed by atoms with Crippen LogP contribution in [0, 0.1) is 0 Å². The van der Waals surface area contributed by atoms with Crippen LogP contribution in [0.1, 0.15) is 17.5 Å². The molecular formula is C15H20OSi. The molecule has 0 radical (unpaired) electrons. The molecular weight excluding hydrogens is 224 g/mol. The topological polar surface area (TPSA) is 9.23 Å². The van der Waals surface area contributed by atoms with Crippen molar-refractivity contribution in [2.45, 2.75) is 32.5 Å². The summed E-state index contributed by atoms with van der Waals surface area (Å²) in [4.78, 5) is 0. The van der Waals surface area contributed by atoms with E-state index in [9.17, 15) is 0 Å². The third-order valence-corrected chi connectivity index (χ3v) is 3.69. The van der Waals surface area contributed by atoms with Crippen molar-refractivity contribution in [1.29, 1.82) is 0 Å². The fraction of sp³-hybridized carbons (Fsp3) is 0.333. The molecule has 0 bridgehead atoms. The van der Waals surface area contributed by atoms with Crippen molar-refractivity contribution < 1.29 is 4.43 Å². The van der Waals surface area contributed by atoms with Gasteiger partial charge in [0.1, 0.15) is 0 Å². The standard InChI is InChI=1S/C15H20OSi/c1-12(16-17(2,3)4)14-10-9-13-7-5-6-8-15(13)11-14/h5-8,11H,1,9-10H2,2-4H3. The zero-order valence-electron chi connectivity index (χ0n) is 10.9. The molecule has 0 aromatic heterocycles. The van der Waals surface area contributed by atoms with Gasteiger partial charge in [0.25, 0.3) is 0 Å². The van der Waals surface area contributed by atoms with Gasteiger partial charge in [-0.05, 0) is 55.3 Å². The van der Waals surface area contributed by atoms with Crippen LogP contribution in [0.3, 0.4) is 0 Å². The largest absolute Gasteiger partial charge is 0.545 e. The van der Waals surface area contributed by atoms with Crippen LogP contribution in [0.2, 0.25) is 19.6 Å². The zero-order valence-corrected chi connectivity index (χ0v) is 11.9. The normalized spacial score (nSPS) is 14.9. The van der Waals surface area contributed by atoms with E-state index in [1.54, 1.807) is 0 Å². The second-order valence-electron chi connectivity index (χ2n) is 5.51. The molecule has 0 fully saturated rings. The Morgan fingerprint density at radius 1 is 1.18 bits per heavy atom. The Morgan fingerprint density at radius 3 is 2.59 bits per heavy atom. The fourth-order valence-corrected chi connectivity index (χ4v) is 2.96. The average molecular weight is 244 g/mol. The van der Waals surface area contributed by atoms with Gasteiger partial charge in [-0.2, -0.15) is 0 Å². The van der Waals surface area contributed by atoms with Gasteiger partial charge in [0.2, 0.25) is 8.32 Å². The summed E-state index contributed by atoms with van der Waals surface area (Å²) in [6.45, 7) is 10.7. The van der Waals surface area contributed by atoms with Crippen molar-refractivity contribution in [1.82, 2.24) is 0 Å². The number of hydrogen-bond acceptors (Lipinski definition) is 1. The van der Waals surface area contributed by atoms with E-state index in [1.165, 1.54) is 16.7 Å². The zero-order chi connectivity index (χ0) is 12.5. The lowest BCUT2D eigenvalue weighted by atomic mass is 9.92. The molecule has 17 heavy (non-hydrogen) atoms. The van der Waals surface area contributed by atoms with Crippen molar-refractivity contribution in [2.75, 3.05) is 0 Å². The Bertz CT molecular complexity index is 466. The highest BCUT2D eigenvalue weighted by molar-refractivity contribution is 6.70. The summed E-state index contributed by atoms with van der Waals surface area (Å²) in [6, 6.07) is 8.55. The second kappa shape index (κ2) is 4.53. The molecule has 1 aliphatic carbocycles. The van der Waals surface area contributed by atoms with Gasteiger partial charge in [0.15, 0.2) is 0 Å². The van der Waals surface area contributed by atoms with E-state index in [4.69, 9.17) is 4.43 Å². The number of hydrogen-bond donors (Lipinski definition) is 0. The fourth-order valence-electron chi connectivity index (χ4n) is 2.09. The molecule has 0 saturated carbocycles. The average Bonchev–Trinajstić information content (AvgIpc) is 2.26. The summed E-state index contributed by atoms with van der Waals surface area (Å²) in [6.07, 6.45) is 4.36. The second-order valence-corrected chi connectivity index (χ2v) is 9.93. The molecule has 0 spiro atoms. The molecule has 1 aromatic carbocycles. The molecule has 0 heterocycles. The summed E-state index contributed by atoms with van der Waals surface area (Å²) < 4.78 is 5.97. The Labute approximate surface area is 105 Å². The Morgan fingerprint density at radius 2 is 1.88 bits per heavy atom. The van der Waals surface area contributed by atoms with E-state index >= 15 is 0 Å². The predicted molar refractivity (Wildman–Crippen MR) is 76.3 cm³/mol. The summed E-state index contributed by atoms with van der Waals surface area (Å²) in [5, 5.41) is 0. The lowest BCUT2D eigenvalue weighted by molar-refractivity contribution is 0.432. The van der Waals surface area contributed by atoms with Gasteiger partial charge >= 0.3 is 0 Å². The molecule has 1 nitrogen and oxygen atoms in total. The van der Waals surface area contributed by atoms with Crippen LogP contribution in [-0.2, 0) is 10.8 Å². The van der Waals surface area contributed by atoms with Gasteiger partial charge < -0.3 is 4.43 Å². The lowest BCUT2D eigenvalue weighted by Gasteiger charge is -2.25. The van der Waals surface area contributed by atoms with Gasteiger partial charge in [0, 0.05) is 0 Å². The summed E-state index contributed by atoms with van der Waals surface area (Å²) in [5.41, 5.74) is 4.00. The first kappa shape index (κ1) is 12.2. The summed E-state index contributed by atoms with van der Waals surface area (Å²) in [5.74, 6) is 0.874. The van der Waals surface area contributed by atoms with Gasteiger partial charge in [-0.15, -0.1) is 0 Å². The smallest absolute Gasteiger partial charge is 0.242 e. The molecule has 2 rings (SSSR count). The Balaban J connectivity index is 2.20. The predicted octanol–water partition coefficient (Wildman–Crippen LogP) is 4.38. The van der Waals surface area contributed by atoms with Gasteiger partial charge in [-0.1, -0.05) is 30.8 Å². The summed E-state index contributed by atoms with van der Waals surface area (Å²) >= 11 is 0. The van der Waals surface area contributed by atoms with Crippen LogP contribution in [0.5, 0.6) is 0 Å². The first-order valence-electron chi connectivity index (χ1n) is 6.12. The molecule has 0 atom stereocenters. The minimum Gasteiger partial charge on any atom is -0.545 e. The number of fused-ring (bicyclic) bond motifs is 1. The van der Waals surface area contributed by atoms with E-state index in [-0.39, 0.29) is 0 Å². The highest BCUT2D eigenvalue weighted by Crippen LogP contribution is 2.29. The molecule has 1 aliphatic rings. The number of rotatable bonds is 3. The highest BCUT2D eigenvalue weighted by Gasteiger charge is 2.20. The van der Waals surface area contributed by atoms with Crippen LogP contribution in [-0.4, -0.2) is 8.32 Å². The minimum absolute atomic E-state index is 0.874. The molecule has 0 saturated heterocycles. The van der Waals surface area contributed by atoms with Gasteiger partial charge in [0.05, 0.1) is 5.76 Å². The Kier molecular flexibility index (Phi) is 3.25. The van der Waals surface area contributed by atoms with E-state index in [1.807, 2.05) is 0 Å². The maximum atomic E-state index is 5.97. The van der Waals surface area contributed by atoms with Gasteiger partial charge in [-0.25, -0.2) is 0 Å². The first-order chi connectivity index (χ1) is 7.96. The van der Waals surface area contributed by atoms with E-state index < -0.39 is 8.32 Å². The quantitative estimate of drug-likeness (QED) is 0.566. The molecule has 90 valence electrons. The van der Waals surface area contributed by atoms with Crippen LogP contribution < -0.4 is 0 Å². The maximum absolute atomic E-state index is 5.97. The van der Waals surface area contributed by atoms with Crippen molar-refractivity contribution in [2.24, 2.45) is 0 Å². The molecule has 1 aromatic rings. The van der Waals surface area contributed by atoms with Crippen LogP contribution >= 0.6 is 0 Å². The molecule has 0 unspecified atom stereocenters. The molecule has 0 amide bonds. The van der Waals surface area contributed by atoms with Crippen molar-refractivity contribution in [3.05, 3.63) is 53.3 Å². The SMILES string of the molecule is C=C(O[Si](C)(C)C)C1=Cc2ccccc2CC1. The van der Waals surface area contributed by atoms with E-state index in [0.29, 0.717) is 0 Å². The third-order valence-electron chi connectivity index (χ3n) is 2.84. The van der Waals surface area contributed by atoms with Crippen molar-refractivity contribution >= 4 is 14.4 Å². The van der Waals surface area contributed by atoms with E-state index in [0.717, 1.165) is 18.6 Å². The minimum atomic E-state index is -1.54. The van der Waals surface area contributed by atoms with Gasteiger partial charge in [-0.3, -0.25) is 0 Å². The van der Waals surface area contributed by atoms with Crippen LogP contribution in [0.4, 0.5) is 0 Å². The molecule has 2 heteroatoms. The molecule has 0 N–H and O–H groups in total. The third kappa shape index (κ3) is 3.10. The first-order valence-corrected chi connectivity index (χ1v) is 9.53. The number of aryl methyl sites for hydroxylation is 1. The monoisotopic (exact) mass is 244 g/mol. The number of benzene rings is 1. The lowest BCUT2D eigenvalue weighted by Crippen LogP contribution is -2.25. The van der Waals surface area contributed by atoms with E-state index in [2.05, 4.69) is 56.6 Å².